The summed E-state index contributed by atoms with van der Waals surface area (Å²) in [6, 6.07) is 13.2. The molecule has 2 aromatic rings. The Morgan fingerprint density at radius 1 is 0.852 bits per heavy atom. The van der Waals surface area contributed by atoms with Gasteiger partial charge in [-0.05, 0) is 68.7 Å². The quantitative estimate of drug-likeness (QED) is 0.489. The van der Waals surface area contributed by atoms with E-state index in [1.54, 1.807) is 56.3 Å². The lowest BCUT2D eigenvalue weighted by molar-refractivity contribution is 0.0376. The van der Waals surface area contributed by atoms with Crippen LogP contribution in [0.3, 0.4) is 0 Å². The number of benzene rings is 2. The second-order valence-corrected chi connectivity index (χ2v) is 6.93. The Bertz CT molecular complexity index is 763. The fraction of sp³-hybridized carbons (Fsp3) is 0.364. The van der Waals surface area contributed by atoms with Crippen molar-refractivity contribution in [3.8, 4) is 11.5 Å². The fourth-order valence-electron chi connectivity index (χ4n) is 2.23. The summed E-state index contributed by atoms with van der Waals surface area (Å²) in [6.07, 6.45) is 0.754. The average Bonchev–Trinajstić information content (AvgIpc) is 2.61. The highest BCUT2D eigenvalue weighted by Crippen LogP contribution is 2.18. The van der Waals surface area contributed by atoms with Crippen molar-refractivity contribution < 1.29 is 23.8 Å². The third kappa shape index (κ3) is 6.77. The highest BCUT2D eigenvalue weighted by atomic mass is 16.5. The molecule has 0 aliphatic heterocycles. The van der Waals surface area contributed by atoms with Gasteiger partial charge in [0.25, 0.3) is 0 Å². The zero-order chi connectivity index (χ0) is 19.8. The van der Waals surface area contributed by atoms with E-state index in [2.05, 4.69) is 13.8 Å². The van der Waals surface area contributed by atoms with E-state index in [1.807, 2.05) is 0 Å². The van der Waals surface area contributed by atoms with E-state index in [-0.39, 0.29) is 11.9 Å². The molecule has 0 spiro atoms. The van der Waals surface area contributed by atoms with Crippen LogP contribution in [0.1, 0.15) is 54.8 Å². The number of ether oxygens (including phenoxy) is 3. The predicted molar refractivity (Wildman–Crippen MR) is 103 cm³/mol. The van der Waals surface area contributed by atoms with Gasteiger partial charge in [-0.3, -0.25) is 0 Å². The van der Waals surface area contributed by atoms with Crippen molar-refractivity contribution in [2.45, 2.75) is 40.2 Å². The Morgan fingerprint density at radius 2 is 1.56 bits per heavy atom. The molecule has 0 N–H and O–H groups in total. The van der Waals surface area contributed by atoms with E-state index in [4.69, 9.17) is 14.2 Å². The Labute approximate surface area is 160 Å². The highest BCUT2D eigenvalue weighted by molar-refractivity contribution is 5.92. The van der Waals surface area contributed by atoms with E-state index < -0.39 is 11.9 Å². The van der Waals surface area contributed by atoms with Gasteiger partial charge in [0.2, 0.25) is 0 Å². The van der Waals surface area contributed by atoms with Gasteiger partial charge in [0.05, 0.1) is 23.8 Å². The van der Waals surface area contributed by atoms with E-state index in [1.165, 1.54) is 6.07 Å². The monoisotopic (exact) mass is 370 g/mol. The van der Waals surface area contributed by atoms with Crippen molar-refractivity contribution in [2.75, 3.05) is 6.61 Å². The van der Waals surface area contributed by atoms with Crippen molar-refractivity contribution in [2.24, 2.45) is 5.92 Å². The first kappa shape index (κ1) is 20.5. The number of carbonyl (C=O) groups excluding carboxylic acids is 2. The SMILES string of the molecule is CC(C)CCOc1ccc(C(=O)Oc2cccc(C(=O)OC(C)C)c2)cc1. The van der Waals surface area contributed by atoms with Crippen LogP contribution in [0, 0.1) is 5.92 Å². The Kier molecular flexibility index (Phi) is 7.41. The van der Waals surface area contributed by atoms with Crippen LogP contribution in [0.5, 0.6) is 11.5 Å². The van der Waals surface area contributed by atoms with Crippen LogP contribution in [-0.4, -0.2) is 24.6 Å². The van der Waals surface area contributed by atoms with Crippen molar-refractivity contribution in [1.29, 1.82) is 0 Å². The third-order valence-corrected chi connectivity index (χ3v) is 3.68. The van der Waals surface area contributed by atoms with Crippen LogP contribution in [-0.2, 0) is 4.74 Å². The maximum absolute atomic E-state index is 12.3. The maximum Gasteiger partial charge on any atom is 0.343 e. The lowest BCUT2D eigenvalue weighted by atomic mass is 10.1. The van der Waals surface area contributed by atoms with Gasteiger partial charge in [-0.15, -0.1) is 0 Å². The van der Waals surface area contributed by atoms with E-state index in [9.17, 15) is 9.59 Å². The van der Waals surface area contributed by atoms with Gasteiger partial charge in [0, 0.05) is 0 Å². The predicted octanol–water partition coefficient (Wildman–Crippen LogP) is 4.90. The van der Waals surface area contributed by atoms with Crippen molar-refractivity contribution in [3.05, 3.63) is 59.7 Å². The molecule has 0 saturated heterocycles. The molecule has 0 aromatic heterocycles. The second-order valence-electron chi connectivity index (χ2n) is 6.93. The summed E-state index contributed by atoms with van der Waals surface area (Å²) in [6.45, 7) is 8.47. The molecule has 0 bridgehead atoms. The molecule has 0 heterocycles. The Balaban J connectivity index is 1.97. The zero-order valence-electron chi connectivity index (χ0n) is 16.2. The summed E-state index contributed by atoms with van der Waals surface area (Å²) in [4.78, 5) is 24.3. The first-order valence-corrected chi connectivity index (χ1v) is 9.11. The molecule has 0 unspecified atom stereocenters. The van der Waals surface area contributed by atoms with Crippen LogP contribution in [0.15, 0.2) is 48.5 Å². The summed E-state index contributed by atoms with van der Waals surface area (Å²) < 4.78 is 16.1. The minimum Gasteiger partial charge on any atom is -0.494 e. The van der Waals surface area contributed by atoms with E-state index in [0.717, 1.165) is 6.42 Å². The minimum atomic E-state index is -0.502. The molecule has 2 rings (SSSR count). The average molecular weight is 370 g/mol. The lowest BCUT2D eigenvalue weighted by Gasteiger charge is -2.10. The van der Waals surface area contributed by atoms with E-state index in [0.29, 0.717) is 29.4 Å². The molecule has 0 saturated carbocycles. The molecule has 0 aliphatic carbocycles. The number of carbonyl (C=O) groups is 2. The first-order valence-electron chi connectivity index (χ1n) is 9.11. The van der Waals surface area contributed by atoms with Crippen LogP contribution >= 0.6 is 0 Å². The molecule has 0 radical (unpaired) electrons. The lowest BCUT2D eigenvalue weighted by Crippen LogP contribution is -2.12. The molecule has 2 aromatic carbocycles. The molecular formula is C22H26O5. The first-order chi connectivity index (χ1) is 12.8. The van der Waals surface area contributed by atoms with Gasteiger partial charge >= 0.3 is 11.9 Å². The smallest absolute Gasteiger partial charge is 0.343 e. The summed E-state index contributed by atoms with van der Waals surface area (Å²) in [5, 5.41) is 0. The van der Waals surface area contributed by atoms with E-state index >= 15 is 0 Å². The summed E-state index contributed by atoms with van der Waals surface area (Å²) in [5.41, 5.74) is 0.740. The van der Waals surface area contributed by atoms with Crippen molar-refractivity contribution in [3.63, 3.8) is 0 Å². The number of hydrogen-bond donors (Lipinski definition) is 0. The normalized spacial score (nSPS) is 10.7. The third-order valence-electron chi connectivity index (χ3n) is 3.68. The van der Waals surface area contributed by atoms with Gasteiger partial charge in [0.1, 0.15) is 11.5 Å². The van der Waals surface area contributed by atoms with Crippen LogP contribution in [0.25, 0.3) is 0 Å². The van der Waals surface area contributed by atoms with Gasteiger partial charge in [-0.2, -0.15) is 0 Å². The molecule has 0 fully saturated rings. The maximum atomic E-state index is 12.3. The summed E-state index contributed by atoms with van der Waals surface area (Å²) in [5.74, 6) is 0.623. The largest absolute Gasteiger partial charge is 0.494 e. The molecule has 0 aliphatic rings. The molecule has 27 heavy (non-hydrogen) atoms. The highest BCUT2D eigenvalue weighted by Gasteiger charge is 2.13. The summed E-state index contributed by atoms with van der Waals surface area (Å²) >= 11 is 0. The molecule has 144 valence electrons. The number of esters is 2. The molecule has 0 amide bonds. The van der Waals surface area contributed by atoms with Crippen LogP contribution in [0.2, 0.25) is 0 Å². The fourth-order valence-corrected chi connectivity index (χ4v) is 2.23. The Morgan fingerprint density at radius 3 is 2.19 bits per heavy atom. The van der Waals surface area contributed by atoms with Gasteiger partial charge in [0.15, 0.2) is 0 Å². The Hall–Kier alpha value is -2.82. The van der Waals surface area contributed by atoms with Crippen LogP contribution in [0.4, 0.5) is 0 Å². The van der Waals surface area contributed by atoms with Gasteiger partial charge < -0.3 is 14.2 Å². The van der Waals surface area contributed by atoms with Crippen molar-refractivity contribution >= 4 is 11.9 Å². The van der Waals surface area contributed by atoms with Gasteiger partial charge in [-0.1, -0.05) is 19.9 Å². The van der Waals surface area contributed by atoms with Gasteiger partial charge in [-0.25, -0.2) is 9.59 Å². The second kappa shape index (κ2) is 9.76. The molecular weight excluding hydrogens is 344 g/mol. The summed E-state index contributed by atoms with van der Waals surface area (Å²) in [7, 11) is 0. The molecule has 5 heteroatoms. The zero-order valence-corrected chi connectivity index (χ0v) is 16.2. The molecule has 0 atom stereocenters. The standard InChI is InChI=1S/C22H26O5/c1-15(2)12-13-25-19-10-8-17(9-11-19)21(23)27-20-7-5-6-18(14-20)22(24)26-16(3)4/h5-11,14-16H,12-13H2,1-4H3. The minimum absolute atomic E-state index is 0.218. The molecule has 5 nitrogen and oxygen atoms in total. The number of rotatable bonds is 8. The number of hydrogen-bond acceptors (Lipinski definition) is 5. The van der Waals surface area contributed by atoms with Crippen LogP contribution < -0.4 is 9.47 Å². The topological polar surface area (TPSA) is 61.8 Å². The van der Waals surface area contributed by atoms with Crippen molar-refractivity contribution in [1.82, 2.24) is 0 Å².